The second kappa shape index (κ2) is 9.64. The molecule has 0 bridgehead atoms. The van der Waals surface area contributed by atoms with Gasteiger partial charge in [0.15, 0.2) is 6.61 Å². The van der Waals surface area contributed by atoms with Crippen molar-refractivity contribution in [1.29, 1.82) is 0 Å². The average molecular weight is 412 g/mol. The Morgan fingerprint density at radius 3 is 2.67 bits per heavy atom. The second-order valence-electron chi connectivity index (χ2n) is 5.13. The van der Waals surface area contributed by atoms with E-state index < -0.39 is 29.4 Å². The Labute approximate surface area is 162 Å². The van der Waals surface area contributed by atoms with E-state index in [4.69, 9.17) is 16.3 Å². The summed E-state index contributed by atoms with van der Waals surface area (Å²) in [5.74, 6) is -1.77. The summed E-state index contributed by atoms with van der Waals surface area (Å²) in [4.78, 5) is 46.2. The minimum Gasteiger partial charge on any atom is -0.452 e. The summed E-state index contributed by atoms with van der Waals surface area (Å²) in [6.45, 7) is -0.359. The Balaban J connectivity index is 1.75. The number of imide groups is 1. The summed E-state index contributed by atoms with van der Waals surface area (Å²) in [6, 6.07) is 6.33. The van der Waals surface area contributed by atoms with E-state index in [-0.39, 0.29) is 16.3 Å². The van der Waals surface area contributed by atoms with Gasteiger partial charge in [-0.1, -0.05) is 17.7 Å². The van der Waals surface area contributed by atoms with Crippen molar-refractivity contribution in [2.75, 3.05) is 13.2 Å². The van der Waals surface area contributed by atoms with Gasteiger partial charge in [0.1, 0.15) is 0 Å². The first-order chi connectivity index (χ1) is 12.9. The number of nitrogens with zero attached hydrogens (tertiary/aromatic N) is 1. The van der Waals surface area contributed by atoms with Gasteiger partial charge in [-0.3, -0.25) is 20.2 Å². The van der Waals surface area contributed by atoms with Crippen molar-refractivity contribution in [3.8, 4) is 0 Å². The van der Waals surface area contributed by atoms with Gasteiger partial charge in [0.05, 0.1) is 15.5 Å². The summed E-state index contributed by atoms with van der Waals surface area (Å²) in [5.41, 5.74) is -0.413. The van der Waals surface area contributed by atoms with Crippen LogP contribution in [0.2, 0.25) is 5.02 Å². The third-order valence-electron chi connectivity index (χ3n) is 3.21. The molecule has 142 valence electrons. The molecular formula is C16H14ClN3O6S. The molecule has 9 nitrogen and oxygen atoms in total. The first kappa shape index (κ1) is 20.3. The topological polar surface area (TPSA) is 128 Å². The van der Waals surface area contributed by atoms with E-state index in [9.17, 15) is 24.5 Å². The largest absolute Gasteiger partial charge is 0.452 e. The lowest BCUT2D eigenvalue weighted by atomic mass is 10.2. The van der Waals surface area contributed by atoms with E-state index in [2.05, 4.69) is 5.32 Å². The Morgan fingerprint density at radius 2 is 2.04 bits per heavy atom. The number of amides is 3. The van der Waals surface area contributed by atoms with Crippen LogP contribution in [0.4, 0.5) is 10.5 Å². The number of carbonyl (C=O) groups excluding carboxylic acids is 3. The Hall–Kier alpha value is -2.98. The van der Waals surface area contributed by atoms with Crippen molar-refractivity contribution in [1.82, 2.24) is 10.6 Å². The zero-order chi connectivity index (χ0) is 19.8. The normalized spacial score (nSPS) is 10.1. The monoisotopic (exact) mass is 411 g/mol. The smallest absolute Gasteiger partial charge is 0.340 e. The summed E-state index contributed by atoms with van der Waals surface area (Å²) in [7, 11) is 0. The number of nitro benzene ring substituents is 1. The molecule has 11 heteroatoms. The number of ether oxygens (including phenoxy) is 1. The predicted octanol–water partition coefficient (Wildman–Crippen LogP) is 2.54. The Kier molecular flexibility index (Phi) is 7.26. The highest BCUT2D eigenvalue weighted by atomic mass is 35.5. The quantitative estimate of drug-likeness (QED) is 0.409. The van der Waals surface area contributed by atoms with Crippen molar-refractivity contribution in [2.24, 2.45) is 0 Å². The molecule has 1 aromatic heterocycles. The summed E-state index contributed by atoms with van der Waals surface area (Å²) in [6.07, 6.45) is 0.632. The predicted molar refractivity (Wildman–Crippen MR) is 98.0 cm³/mol. The first-order valence-electron chi connectivity index (χ1n) is 7.58. The van der Waals surface area contributed by atoms with E-state index in [0.717, 1.165) is 23.1 Å². The van der Waals surface area contributed by atoms with Crippen LogP contribution < -0.4 is 10.6 Å². The fraction of sp³-hybridized carbons (Fsp3) is 0.188. The molecule has 2 N–H and O–H groups in total. The molecule has 2 aromatic rings. The number of nitrogens with one attached hydrogen (secondary N) is 2. The fourth-order valence-electron chi connectivity index (χ4n) is 1.95. The zero-order valence-corrected chi connectivity index (χ0v) is 15.3. The number of thiophene rings is 1. The number of carbonyl (C=O) groups is 3. The van der Waals surface area contributed by atoms with Crippen LogP contribution in [-0.2, 0) is 16.0 Å². The van der Waals surface area contributed by atoms with Gasteiger partial charge in [0.25, 0.3) is 11.6 Å². The van der Waals surface area contributed by atoms with Crippen LogP contribution in [0, 0.1) is 10.1 Å². The Bertz CT molecular complexity index is 856. The van der Waals surface area contributed by atoms with Crippen molar-refractivity contribution in [3.05, 3.63) is 61.3 Å². The molecule has 0 saturated heterocycles. The minimum atomic E-state index is -0.942. The molecule has 1 heterocycles. The van der Waals surface area contributed by atoms with Crippen LogP contribution in [-0.4, -0.2) is 36.0 Å². The summed E-state index contributed by atoms with van der Waals surface area (Å²) in [5, 5.41) is 16.9. The maximum atomic E-state index is 11.9. The summed E-state index contributed by atoms with van der Waals surface area (Å²) < 4.78 is 4.75. The molecule has 0 aliphatic carbocycles. The van der Waals surface area contributed by atoms with E-state index in [0.29, 0.717) is 13.0 Å². The van der Waals surface area contributed by atoms with Gasteiger partial charge in [-0.25, -0.2) is 9.59 Å². The first-order valence-corrected chi connectivity index (χ1v) is 8.83. The molecule has 0 fully saturated rings. The molecule has 0 spiro atoms. The van der Waals surface area contributed by atoms with Crippen molar-refractivity contribution in [3.63, 3.8) is 0 Å². The fourth-order valence-corrected chi connectivity index (χ4v) is 2.91. The number of hydrogen-bond donors (Lipinski definition) is 2. The van der Waals surface area contributed by atoms with Gasteiger partial charge < -0.3 is 10.1 Å². The van der Waals surface area contributed by atoms with Gasteiger partial charge in [-0.05, 0) is 23.9 Å². The van der Waals surface area contributed by atoms with Gasteiger partial charge in [-0.2, -0.15) is 0 Å². The highest BCUT2D eigenvalue weighted by molar-refractivity contribution is 7.09. The van der Waals surface area contributed by atoms with Crippen LogP contribution in [0.25, 0.3) is 0 Å². The van der Waals surface area contributed by atoms with Gasteiger partial charge >= 0.3 is 12.0 Å². The molecule has 2 rings (SSSR count). The van der Waals surface area contributed by atoms with Crippen LogP contribution in [0.1, 0.15) is 15.2 Å². The highest BCUT2D eigenvalue weighted by Crippen LogP contribution is 2.23. The number of nitro groups is 1. The van der Waals surface area contributed by atoms with Crippen LogP contribution in [0.5, 0.6) is 0 Å². The minimum absolute atomic E-state index is 0.129. The molecule has 27 heavy (non-hydrogen) atoms. The standard InChI is InChI=1S/C16H14ClN3O6S/c17-13-8-10(20(24)25)3-4-12(13)15(22)26-9-14(21)19-16(23)18-6-5-11-2-1-7-27-11/h1-4,7-8H,5-6,9H2,(H2,18,19,21,23). The van der Waals surface area contributed by atoms with Crippen LogP contribution in [0.3, 0.4) is 0 Å². The second-order valence-corrected chi connectivity index (χ2v) is 6.57. The van der Waals surface area contributed by atoms with Gasteiger partial charge in [-0.15, -0.1) is 11.3 Å². The molecular weight excluding hydrogens is 398 g/mol. The number of rotatable bonds is 7. The highest BCUT2D eigenvalue weighted by Gasteiger charge is 2.17. The molecule has 0 aliphatic rings. The number of urea groups is 1. The zero-order valence-electron chi connectivity index (χ0n) is 13.8. The molecule has 3 amide bonds. The lowest BCUT2D eigenvalue weighted by Gasteiger charge is -2.08. The van der Waals surface area contributed by atoms with E-state index in [1.807, 2.05) is 22.8 Å². The number of benzene rings is 1. The van der Waals surface area contributed by atoms with E-state index in [1.54, 1.807) is 11.3 Å². The van der Waals surface area contributed by atoms with Crippen molar-refractivity contribution in [2.45, 2.75) is 6.42 Å². The number of esters is 1. The SMILES string of the molecule is O=C(COC(=O)c1ccc([N+](=O)[O-])cc1Cl)NC(=O)NCCc1cccs1. The maximum Gasteiger partial charge on any atom is 0.340 e. The van der Waals surface area contributed by atoms with Gasteiger partial charge in [0, 0.05) is 23.6 Å². The number of non-ortho nitro benzene ring substituents is 1. The average Bonchev–Trinajstić information content (AvgIpc) is 3.13. The third kappa shape index (κ3) is 6.35. The Morgan fingerprint density at radius 1 is 1.26 bits per heavy atom. The van der Waals surface area contributed by atoms with Crippen LogP contribution >= 0.6 is 22.9 Å². The lowest BCUT2D eigenvalue weighted by Crippen LogP contribution is -2.42. The summed E-state index contributed by atoms with van der Waals surface area (Å²) >= 11 is 7.36. The van der Waals surface area contributed by atoms with Crippen molar-refractivity contribution < 1.29 is 24.0 Å². The van der Waals surface area contributed by atoms with Crippen molar-refractivity contribution >= 4 is 46.5 Å². The lowest BCUT2D eigenvalue weighted by molar-refractivity contribution is -0.384. The van der Waals surface area contributed by atoms with Crippen LogP contribution in [0.15, 0.2) is 35.7 Å². The third-order valence-corrected chi connectivity index (χ3v) is 4.46. The van der Waals surface area contributed by atoms with E-state index >= 15 is 0 Å². The maximum absolute atomic E-state index is 11.9. The molecule has 0 saturated carbocycles. The number of halogens is 1. The van der Waals surface area contributed by atoms with E-state index in [1.165, 1.54) is 0 Å². The molecule has 1 aromatic carbocycles. The molecule has 0 atom stereocenters. The molecule has 0 unspecified atom stereocenters. The molecule has 0 radical (unpaired) electrons. The number of hydrogen-bond acceptors (Lipinski definition) is 7. The van der Waals surface area contributed by atoms with Gasteiger partial charge in [0.2, 0.25) is 0 Å². The molecule has 0 aliphatic heterocycles.